The molecule has 1 amide bonds. The Hall–Kier alpha value is -1.62. The predicted octanol–water partition coefficient (Wildman–Crippen LogP) is 2.71. The number of nitrogens with two attached hydrogens (primary N) is 1. The van der Waals surface area contributed by atoms with Gasteiger partial charge in [0.15, 0.2) is 0 Å². The summed E-state index contributed by atoms with van der Waals surface area (Å²) >= 11 is 0. The zero-order valence-electron chi connectivity index (χ0n) is 12.7. The molecular weight excluding hydrogens is 269 g/mol. The van der Waals surface area contributed by atoms with Crippen molar-refractivity contribution < 1.29 is 9.18 Å². The van der Waals surface area contributed by atoms with E-state index in [9.17, 15) is 9.18 Å². The smallest absolute Gasteiger partial charge is 0.224 e. The third-order valence-electron chi connectivity index (χ3n) is 4.05. The highest BCUT2D eigenvalue weighted by Gasteiger charge is 2.32. The Morgan fingerprint density at radius 3 is 2.86 bits per heavy atom. The van der Waals surface area contributed by atoms with Gasteiger partial charge in [0.05, 0.1) is 5.69 Å². The number of hydrogen-bond donors (Lipinski definition) is 2. The van der Waals surface area contributed by atoms with Crippen molar-refractivity contribution >= 4 is 17.3 Å². The SMILES string of the molecule is CC1CC1CN(C)CCCC(=O)Nc1ccc(F)c(N)c1. The van der Waals surface area contributed by atoms with Gasteiger partial charge in [-0.2, -0.15) is 0 Å². The molecule has 21 heavy (non-hydrogen) atoms. The van der Waals surface area contributed by atoms with Gasteiger partial charge < -0.3 is 16.0 Å². The molecule has 3 N–H and O–H groups in total. The molecule has 1 saturated carbocycles. The highest BCUT2D eigenvalue weighted by atomic mass is 19.1. The quantitative estimate of drug-likeness (QED) is 0.760. The van der Waals surface area contributed by atoms with Crippen LogP contribution in [0.2, 0.25) is 0 Å². The summed E-state index contributed by atoms with van der Waals surface area (Å²) in [5.74, 6) is 1.17. The average molecular weight is 293 g/mol. The lowest BCUT2D eigenvalue weighted by atomic mass is 10.2. The molecular formula is C16H24FN3O. The van der Waals surface area contributed by atoms with Crippen LogP contribution in [0, 0.1) is 17.7 Å². The highest BCUT2D eigenvalue weighted by Crippen LogP contribution is 2.37. The number of nitrogens with one attached hydrogen (secondary N) is 1. The molecule has 2 rings (SSSR count). The van der Waals surface area contributed by atoms with E-state index in [-0.39, 0.29) is 11.6 Å². The first-order valence-corrected chi connectivity index (χ1v) is 7.49. The van der Waals surface area contributed by atoms with Gasteiger partial charge in [-0.05, 0) is 56.5 Å². The molecule has 0 heterocycles. The van der Waals surface area contributed by atoms with Gasteiger partial charge in [-0.25, -0.2) is 4.39 Å². The number of anilines is 2. The first kappa shape index (κ1) is 15.8. The summed E-state index contributed by atoms with van der Waals surface area (Å²) in [6, 6.07) is 4.22. The molecule has 4 nitrogen and oxygen atoms in total. The van der Waals surface area contributed by atoms with E-state index >= 15 is 0 Å². The molecule has 1 aliphatic rings. The predicted molar refractivity (Wildman–Crippen MR) is 83.4 cm³/mol. The Bertz CT molecular complexity index is 506. The van der Waals surface area contributed by atoms with Crippen LogP contribution in [-0.2, 0) is 4.79 Å². The fourth-order valence-corrected chi connectivity index (χ4v) is 2.50. The highest BCUT2D eigenvalue weighted by molar-refractivity contribution is 5.91. The second-order valence-corrected chi connectivity index (χ2v) is 6.12. The fraction of sp³-hybridized carbons (Fsp3) is 0.562. The van der Waals surface area contributed by atoms with Crippen molar-refractivity contribution in [1.29, 1.82) is 0 Å². The van der Waals surface area contributed by atoms with Crippen molar-refractivity contribution in [2.45, 2.75) is 26.2 Å². The summed E-state index contributed by atoms with van der Waals surface area (Å²) in [7, 11) is 2.10. The minimum absolute atomic E-state index is 0.0473. The second-order valence-electron chi connectivity index (χ2n) is 6.12. The lowest BCUT2D eigenvalue weighted by molar-refractivity contribution is -0.116. The summed E-state index contributed by atoms with van der Waals surface area (Å²) in [6.45, 7) is 4.32. The van der Waals surface area contributed by atoms with Crippen molar-refractivity contribution in [2.75, 3.05) is 31.2 Å². The van der Waals surface area contributed by atoms with Crippen molar-refractivity contribution in [2.24, 2.45) is 11.8 Å². The number of rotatable bonds is 7. The standard InChI is InChI=1S/C16H24FN3O/c1-11-8-12(11)10-20(2)7-3-4-16(21)19-13-5-6-14(17)15(18)9-13/h5-6,9,11-12H,3-4,7-8,10,18H2,1-2H3,(H,19,21). The summed E-state index contributed by atoms with van der Waals surface area (Å²) in [5.41, 5.74) is 6.05. The maximum Gasteiger partial charge on any atom is 0.224 e. The van der Waals surface area contributed by atoms with E-state index in [0.29, 0.717) is 12.1 Å². The Balaban J connectivity index is 1.66. The molecule has 0 bridgehead atoms. The van der Waals surface area contributed by atoms with Crippen LogP contribution in [0.3, 0.4) is 0 Å². The Morgan fingerprint density at radius 2 is 2.24 bits per heavy atom. The van der Waals surface area contributed by atoms with Crippen molar-refractivity contribution in [3.8, 4) is 0 Å². The van der Waals surface area contributed by atoms with Crippen molar-refractivity contribution in [1.82, 2.24) is 4.90 Å². The summed E-state index contributed by atoms with van der Waals surface area (Å²) < 4.78 is 13.0. The van der Waals surface area contributed by atoms with E-state index in [0.717, 1.165) is 31.3 Å². The van der Waals surface area contributed by atoms with Crippen LogP contribution in [0.15, 0.2) is 18.2 Å². The van der Waals surface area contributed by atoms with Crippen LogP contribution in [0.5, 0.6) is 0 Å². The van der Waals surface area contributed by atoms with Crippen LogP contribution in [0.25, 0.3) is 0 Å². The molecule has 116 valence electrons. The lowest BCUT2D eigenvalue weighted by Crippen LogP contribution is -2.24. The molecule has 0 aliphatic heterocycles. The Labute approximate surface area is 125 Å². The second kappa shape index (κ2) is 6.89. The number of nitrogen functional groups attached to an aromatic ring is 1. The van der Waals surface area contributed by atoms with E-state index < -0.39 is 5.82 Å². The number of nitrogens with zero attached hydrogens (tertiary/aromatic N) is 1. The molecule has 2 atom stereocenters. The lowest BCUT2D eigenvalue weighted by Gasteiger charge is -2.16. The van der Waals surface area contributed by atoms with Gasteiger partial charge in [-0.3, -0.25) is 4.79 Å². The van der Waals surface area contributed by atoms with Gasteiger partial charge in [0.1, 0.15) is 5.82 Å². The molecule has 1 aromatic rings. The topological polar surface area (TPSA) is 58.4 Å². The summed E-state index contributed by atoms with van der Waals surface area (Å²) in [6.07, 6.45) is 2.61. The van der Waals surface area contributed by atoms with E-state index in [1.165, 1.54) is 24.6 Å². The molecule has 1 aliphatic carbocycles. The van der Waals surface area contributed by atoms with Crippen LogP contribution in [0.1, 0.15) is 26.2 Å². The maximum atomic E-state index is 13.0. The monoisotopic (exact) mass is 293 g/mol. The largest absolute Gasteiger partial charge is 0.396 e. The van der Waals surface area contributed by atoms with E-state index in [1.54, 1.807) is 0 Å². The third kappa shape index (κ3) is 5.01. The first-order chi connectivity index (χ1) is 9.95. The Morgan fingerprint density at radius 1 is 1.52 bits per heavy atom. The van der Waals surface area contributed by atoms with E-state index in [1.807, 2.05) is 0 Å². The minimum Gasteiger partial charge on any atom is -0.396 e. The van der Waals surface area contributed by atoms with Gasteiger partial charge in [-0.15, -0.1) is 0 Å². The number of carbonyl (C=O) groups is 1. The molecule has 2 unspecified atom stereocenters. The molecule has 0 spiro atoms. The number of hydrogen-bond acceptors (Lipinski definition) is 3. The summed E-state index contributed by atoms with van der Waals surface area (Å²) in [5, 5.41) is 2.74. The number of amides is 1. The third-order valence-corrected chi connectivity index (χ3v) is 4.05. The van der Waals surface area contributed by atoms with Crippen LogP contribution < -0.4 is 11.1 Å². The van der Waals surface area contributed by atoms with Crippen LogP contribution >= 0.6 is 0 Å². The Kier molecular flexibility index (Phi) is 5.17. The zero-order valence-corrected chi connectivity index (χ0v) is 12.7. The minimum atomic E-state index is -0.469. The molecule has 1 fully saturated rings. The fourth-order valence-electron chi connectivity index (χ4n) is 2.50. The maximum absolute atomic E-state index is 13.0. The normalized spacial score (nSPS) is 20.6. The average Bonchev–Trinajstić information content (AvgIpc) is 3.09. The molecule has 0 radical (unpaired) electrons. The van der Waals surface area contributed by atoms with Gasteiger partial charge >= 0.3 is 0 Å². The molecule has 1 aromatic carbocycles. The zero-order chi connectivity index (χ0) is 15.4. The molecule has 0 saturated heterocycles. The van der Waals surface area contributed by atoms with Gasteiger partial charge in [0.25, 0.3) is 0 Å². The van der Waals surface area contributed by atoms with Crippen LogP contribution in [0.4, 0.5) is 15.8 Å². The molecule has 0 aromatic heterocycles. The number of benzene rings is 1. The van der Waals surface area contributed by atoms with E-state index in [2.05, 4.69) is 24.2 Å². The van der Waals surface area contributed by atoms with Gasteiger partial charge in [-0.1, -0.05) is 6.92 Å². The number of carbonyl (C=O) groups excluding carboxylic acids is 1. The summed E-state index contributed by atoms with van der Waals surface area (Å²) in [4.78, 5) is 14.1. The van der Waals surface area contributed by atoms with Crippen molar-refractivity contribution in [3.63, 3.8) is 0 Å². The van der Waals surface area contributed by atoms with E-state index in [4.69, 9.17) is 5.73 Å². The van der Waals surface area contributed by atoms with Gasteiger partial charge in [0.2, 0.25) is 5.91 Å². The molecule has 5 heteroatoms. The van der Waals surface area contributed by atoms with Crippen molar-refractivity contribution in [3.05, 3.63) is 24.0 Å². The number of halogens is 1. The first-order valence-electron chi connectivity index (χ1n) is 7.49. The van der Waals surface area contributed by atoms with Gasteiger partial charge in [0, 0.05) is 18.7 Å². The van der Waals surface area contributed by atoms with Crippen LogP contribution in [-0.4, -0.2) is 30.9 Å².